The molecule has 0 bridgehead atoms. The number of fused-ring (bicyclic) bond motifs is 2. The number of nitrogens with zero attached hydrogens (tertiary/aromatic N) is 2. The third kappa shape index (κ3) is 5.95. The summed E-state index contributed by atoms with van der Waals surface area (Å²) >= 11 is 1.45. The molecule has 2 heterocycles. The lowest BCUT2D eigenvalue weighted by Crippen LogP contribution is -2.38. The van der Waals surface area contributed by atoms with Crippen molar-refractivity contribution in [1.82, 2.24) is 4.98 Å². The molecule has 0 fully saturated rings. The smallest absolute Gasteiger partial charge is 0.232 e. The Hall–Kier alpha value is -4.23. The average Bonchev–Trinajstić information content (AvgIpc) is 3.42. The van der Waals surface area contributed by atoms with Crippen molar-refractivity contribution in [3.05, 3.63) is 106 Å². The molecule has 1 aliphatic heterocycles. The molecule has 0 aliphatic carbocycles. The molecule has 1 amide bonds. The van der Waals surface area contributed by atoms with Crippen molar-refractivity contribution in [3.63, 3.8) is 0 Å². The molecule has 4 aromatic rings. The zero-order chi connectivity index (χ0) is 29.0. The first-order valence-corrected chi connectivity index (χ1v) is 14.7. The molecular weight excluding hydrogens is 530 g/mol. The van der Waals surface area contributed by atoms with Crippen LogP contribution >= 0.6 is 11.3 Å². The first kappa shape index (κ1) is 28.3. The molecule has 0 radical (unpaired) electrons. The largest absolute Gasteiger partial charge is 0.497 e. The highest BCUT2D eigenvalue weighted by Crippen LogP contribution is 2.52. The lowest BCUT2D eigenvalue weighted by atomic mass is 9.69. The van der Waals surface area contributed by atoms with E-state index in [1.54, 1.807) is 7.11 Å². The number of ether oxygens (including phenoxy) is 2. The topological polar surface area (TPSA) is 72.8 Å². The van der Waals surface area contributed by atoms with Crippen molar-refractivity contribution in [2.24, 2.45) is 10.4 Å². The van der Waals surface area contributed by atoms with Gasteiger partial charge in [-0.05, 0) is 42.7 Å². The molecule has 0 saturated carbocycles. The fraction of sp³-hybridized carbons (Fsp3) is 0.265. The second-order valence-electron chi connectivity index (χ2n) is 10.5. The lowest BCUT2D eigenvalue weighted by molar-refractivity contribution is -0.124. The number of carbonyl (C=O) groups is 1. The summed E-state index contributed by atoms with van der Waals surface area (Å²) in [5.41, 5.74) is 5.46. The first-order chi connectivity index (χ1) is 19.8. The second-order valence-corrected chi connectivity index (χ2v) is 11.4. The van der Waals surface area contributed by atoms with Gasteiger partial charge in [0.05, 0.1) is 18.2 Å². The highest BCUT2D eigenvalue weighted by molar-refractivity contribution is 7.13. The van der Waals surface area contributed by atoms with Crippen LogP contribution in [0.5, 0.6) is 17.2 Å². The molecule has 1 atom stereocenters. The Morgan fingerprint density at radius 2 is 1.88 bits per heavy atom. The van der Waals surface area contributed by atoms with Crippen molar-refractivity contribution in [2.75, 3.05) is 19.0 Å². The van der Waals surface area contributed by atoms with Crippen LogP contribution in [0, 0.1) is 5.41 Å². The number of carbonyl (C=O) groups excluding carboxylic acids is 1. The van der Waals surface area contributed by atoms with Gasteiger partial charge in [-0.3, -0.25) is 9.79 Å². The summed E-state index contributed by atoms with van der Waals surface area (Å²) in [4.78, 5) is 22.9. The van der Waals surface area contributed by atoms with Crippen LogP contribution < -0.4 is 14.8 Å². The normalized spacial score (nSPS) is 14.8. The van der Waals surface area contributed by atoms with Crippen LogP contribution in [0.15, 0.2) is 83.2 Å². The van der Waals surface area contributed by atoms with Gasteiger partial charge in [-0.25, -0.2) is 4.98 Å². The molecule has 1 aliphatic rings. The Morgan fingerprint density at radius 1 is 1.12 bits per heavy atom. The van der Waals surface area contributed by atoms with Crippen LogP contribution in [0.4, 0.5) is 5.13 Å². The Kier molecular flexibility index (Phi) is 8.36. The number of thiazole rings is 1. The van der Waals surface area contributed by atoms with E-state index < -0.39 is 5.41 Å². The first-order valence-electron chi connectivity index (χ1n) is 13.8. The molecule has 3 aromatic carbocycles. The van der Waals surface area contributed by atoms with E-state index in [0.717, 1.165) is 45.8 Å². The second kappa shape index (κ2) is 12.1. The monoisotopic (exact) mass is 567 g/mol. The molecule has 0 saturated heterocycles. The quantitative estimate of drug-likeness (QED) is 0.206. The van der Waals surface area contributed by atoms with E-state index >= 15 is 0 Å². The number of nitrogens with one attached hydrogen (secondary N) is 1. The minimum absolute atomic E-state index is 0. The van der Waals surface area contributed by atoms with Gasteiger partial charge in [0.25, 0.3) is 0 Å². The number of allylic oxidation sites excluding steroid dienone is 2. The Labute approximate surface area is 247 Å². The highest BCUT2D eigenvalue weighted by atomic mass is 32.1. The van der Waals surface area contributed by atoms with Gasteiger partial charge in [-0.2, -0.15) is 0 Å². The summed E-state index contributed by atoms with van der Waals surface area (Å²) in [5.74, 6) is 1.85. The number of hydrogen-bond donors (Lipinski definition) is 1. The van der Waals surface area contributed by atoms with Crippen LogP contribution in [-0.2, 0) is 11.2 Å². The third-order valence-electron chi connectivity index (χ3n) is 7.46. The molecule has 1 N–H and O–H groups in total. The van der Waals surface area contributed by atoms with Crippen molar-refractivity contribution in [3.8, 4) is 17.2 Å². The molecule has 6 nitrogen and oxygen atoms in total. The van der Waals surface area contributed by atoms with Crippen LogP contribution in [0.3, 0.4) is 0 Å². The number of rotatable bonds is 9. The molecule has 212 valence electrons. The molecule has 5 rings (SSSR count). The van der Waals surface area contributed by atoms with Gasteiger partial charge >= 0.3 is 0 Å². The predicted octanol–water partition coefficient (Wildman–Crippen LogP) is 8.39. The van der Waals surface area contributed by atoms with E-state index in [-0.39, 0.29) is 13.3 Å². The summed E-state index contributed by atoms with van der Waals surface area (Å²) in [6, 6.07) is 22.1. The van der Waals surface area contributed by atoms with Gasteiger partial charge in [-0.1, -0.05) is 68.5 Å². The molecule has 41 heavy (non-hydrogen) atoms. The lowest BCUT2D eigenvalue weighted by Gasteiger charge is -2.38. The number of anilines is 1. The van der Waals surface area contributed by atoms with Crippen LogP contribution in [-0.4, -0.2) is 30.8 Å². The van der Waals surface area contributed by atoms with E-state index in [1.807, 2.05) is 81.8 Å². The Morgan fingerprint density at radius 3 is 2.61 bits per heavy atom. The van der Waals surface area contributed by atoms with Crippen LogP contribution in [0.25, 0.3) is 5.57 Å². The fourth-order valence-corrected chi connectivity index (χ4v) is 5.91. The predicted molar refractivity (Wildman–Crippen MR) is 170 cm³/mol. The van der Waals surface area contributed by atoms with Crippen LogP contribution in [0.2, 0.25) is 0 Å². The van der Waals surface area contributed by atoms with Gasteiger partial charge in [0, 0.05) is 49.1 Å². The van der Waals surface area contributed by atoms with E-state index in [9.17, 15) is 4.79 Å². The molecule has 1 unspecified atom stereocenters. The maximum Gasteiger partial charge on any atom is 0.232 e. The SMILES string of the molecule is C/C=C(\C=NCC)c1ccc(Cc2csc(NC(=O)C(C)(C)C3c4ccccc4Oc4cc(OC)ccc43)n2)cc1.[HH]. The van der Waals surface area contributed by atoms with Crippen molar-refractivity contribution in [1.29, 1.82) is 0 Å². The number of methoxy groups -OCH3 is 1. The number of hydrogen-bond acceptors (Lipinski definition) is 6. The maximum absolute atomic E-state index is 13.8. The molecule has 7 heteroatoms. The van der Waals surface area contributed by atoms with E-state index in [0.29, 0.717) is 23.1 Å². The van der Waals surface area contributed by atoms with Gasteiger partial charge in [0.15, 0.2) is 5.13 Å². The third-order valence-corrected chi connectivity index (χ3v) is 8.26. The van der Waals surface area contributed by atoms with E-state index in [4.69, 9.17) is 14.5 Å². The number of benzene rings is 3. The standard InChI is InChI=1S/C34H35N3O3S.H2/c1-6-23(20-35-7-2)24-14-12-22(13-15-24)18-25-21-41-33(36-25)37-32(38)34(3,4)31-27-10-8-9-11-29(27)40-30-19-26(39-5)16-17-28(30)31;/h6,8-17,19-21,31H,7,18H2,1-5H3,(H,36,37,38);1H/b23-6+,35-20?;. The van der Waals surface area contributed by atoms with Crippen molar-refractivity contribution >= 4 is 34.2 Å². The summed E-state index contributed by atoms with van der Waals surface area (Å²) in [7, 11) is 1.63. The van der Waals surface area contributed by atoms with Crippen LogP contribution in [0.1, 0.15) is 63.0 Å². The molecule has 0 spiro atoms. The highest BCUT2D eigenvalue weighted by Gasteiger charge is 2.43. The number of amides is 1. The maximum atomic E-state index is 13.8. The summed E-state index contributed by atoms with van der Waals surface area (Å²) < 4.78 is 11.6. The average molecular weight is 568 g/mol. The van der Waals surface area contributed by atoms with Gasteiger partial charge in [-0.15, -0.1) is 11.3 Å². The number of aliphatic imine (C=N–C) groups is 1. The Balaban J connectivity index is 0.00000405. The zero-order valence-corrected chi connectivity index (χ0v) is 24.9. The molecule has 1 aromatic heterocycles. The van der Waals surface area contributed by atoms with E-state index in [1.165, 1.54) is 11.3 Å². The van der Waals surface area contributed by atoms with Gasteiger partial charge in [0.1, 0.15) is 17.2 Å². The Bertz CT molecular complexity index is 1610. The number of aromatic nitrogens is 1. The molecular formula is C34H37N3O3S. The minimum atomic E-state index is -0.795. The summed E-state index contributed by atoms with van der Waals surface area (Å²) in [6.07, 6.45) is 4.67. The minimum Gasteiger partial charge on any atom is -0.497 e. The zero-order valence-electron chi connectivity index (χ0n) is 24.1. The van der Waals surface area contributed by atoms with Gasteiger partial charge < -0.3 is 14.8 Å². The summed E-state index contributed by atoms with van der Waals surface area (Å²) in [5, 5.41) is 5.70. The fourth-order valence-electron chi connectivity index (χ4n) is 5.21. The van der Waals surface area contributed by atoms with Crippen molar-refractivity contribution in [2.45, 2.75) is 40.0 Å². The van der Waals surface area contributed by atoms with Crippen molar-refractivity contribution < 1.29 is 15.7 Å². The summed E-state index contributed by atoms with van der Waals surface area (Å²) in [6.45, 7) is 8.76. The van der Waals surface area contributed by atoms with E-state index in [2.05, 4.69) is 40.7 Å². The number of para-hydroxylation sites is 1. The van der Waals surface area contributed by atoms with Gasteiger partial charge in [0.2, 0.25) is 5.91 Å².